The predicted molar refractivity (Wildman–Crippen MR) is 142 cm³/mol. The molecule has 0 spiro atoms. The molecule has 0 aliphatic carbocycles. The number of aryl methyl sites for hydroxylation is 3. The molecule has 2 rings (SSSR count). The maximum atomic E-state index is 8.89. The van der Waals surface area contributed by atoms with Crippen LogP contribution in [0, 0.1) is 20.8 Å². The molecular weight excluding hydrogens is 452 g/mol. The molecule has 8 nitrogen and oxygen atoms in total. The summed E-state index contributed by atoms with van der Waals surface area (Å²) in [6.07, 6.45) is 2.61. The highest BCUT2D eigenvalue weighted by molar-refractivity contribution is 6.45. The summed E-state index contributed by atoms with van der Waals surface area (Å²) >= 11 is 6.49. The second kappa shape index (κ2) is 13.0. The van der Waals surface area contributed by atoms with E-state index in [9.17, 15) is 0 Å². The summed E-state index contributed by atoms with van der Waals surface area (Å²) in [4.78, 5) is 9.97. The van der Waals surface area contributed by atoms with E-state index in [1.54, 1.807) is 6.08 Å². The molecule has 1 heterocycles. The standard InChI is InChI=1S/C25H35ClN6O2/c1-8-15(3)24(29-25(21(26)9-2)28-23-14-18(6)30-31-23)27-22-13-16(4)20(12-17(22)5)19(7)32-34-11-10-33/h9,12-14,27,33H,8,10-11H2,1-7H3,(H2,28,29,30,31)/b21-9+,24-15+,32-19+. The molecule has 9 heteroatoms. The van der Waals surface area contributed by atoms with Gasteiger partial charge in [-0.2, -0.15) is 5.10 Å². The van der Waals surface area contributed by atoms with E-state index in [1.807, 2.05) is 47.6 Å². The molecule has 0 unspecified atom stereocenters. The molecule has 0 saturated carbocycles. The maximum Gasteiger partial charge on any atom is 0.153 e. The van der Waals surface area contributed by atoms with Crippen LogP contribution in [0.3, 0.4) is 0 Å². The average Bonchev–Trinajstić information content (AvgIpc) is 3.23. The van der Waals surface area contributed by atoms with Gasteiger partial charge in [0.05, 0.1) is 17.4 Å². The average molecular weight is 487 g/mol. The van der Waals surface area contributed by atoms with E-state index in [0.29, 0.717) is 22.5 Å². The predicted octanol–water partition coefficient (Wildman–Crippen LogP) is 5.77. The van der Waals surface area contributed by atoms with E-state index in [2.05, 4.69) is 45.0 Å². The number of allylic oxidation sites excluding steroid dienone is 2. The lowest BCUT2D eigenvalue weighted by molar-refractivity contribution is 0.0986. The maximum absolute atomic E-state index is 8.89. The van der Waals surface area contributed by atoms with Crippen molar-refractivity contribution in [1.29, 1.82) is 0 Å². The van der Waals surface area contributed by atoms with Crippen LogP contribution in [0.15, 0.2) is 50.8 Å². The molecule has 1 aromatic carbocycles. The number of H-pyrrole nitrogens is 1. The van der Waals surface area contributed by atoms with Crippen molar-refractivity contribution in [3.63, 3.8) is 0 Å². The molecule has 0 aliphatic rings. The lowest BCUT2D eigenvalue weighted by Crippen LogP contribution is -2.15. The molecule has 34 heavy (non-hydrogen) atoms. The van der Waals surface area contributed by atoms with Crippen LogP contribution in [0.1, 0.15) is 56.5 Å². The summed E-state index contributed by atoms with van der Waals surface area (Å²) in [6, 6.07) is 6.01. The van der Waals surface area contributed by atoms with Crippen LogP contribution in [0.5, 0.6) is 0 Å². The molecular formula is C25H35ClN6O2. The van der Waals surface area contributed by atoms with Crippen molar-refractivity contribution < 1.29 is 9.94 Å². The second-order valence-corrected chi connectivity index (χ2v) is 8.39. The summed E-state index contributed by atoms with van der Waals surface area (Å²) < 4.78 is 0. The molecule has 0 aliphatic heterocycles. The summed E-state index contributed by atoms with van der Waals surface area (Å²) in [5.74, 6) is 1.85. The molecule has 184 valence electrons. The van der Waals surface area contributed by atoms with Crippen molar-refractivity contribution in [2.45, 2.75) is 54.9 Å². The van der Waals surface area contributed by atoms with Crippen LogP contribution in [-0.4, -0.2) is 40.1 Å². The zero-order valence-corrected chi connectivity index (χ0v) is 21.8. The Morgan fingerprint density at radius 3 is 2.50 bits per heavy atom. The lowest BCUT2D eigenvalue weighted by Gasteiger charge is -2.17. The van der Waals surface area contributed by atoms with E-state index >= 15 is 0 Å². The number of benzene rings is 1. The number of amidine groups is 1. The van der Waals surface area contributed by atoms with Crippen LogP contribution >= 0.6 is 11.6 Å². The fourth-order valence-electron chi connectivity index (χ4n) is 3.09. The van der Waals surface area contributed by atoms with Crippen molar-refractivity contribution in [2.75, 3.05) is 23.8 Å². The third-order valence-electron chi connectivity index (χ3n) is 5.19. The number of aliphatic hydroxyl groups excluding tert-OH is 1. The minimum absolute atomic E-state index is 0.0715. The number of halogens is 1. The first kappa shape index (κ1) is 27.1. The SMILES string of the molecule is C\C=C(Cl)/C(=N\C(Nc1cc(C)c(/C(C)=N/OCCO)cc1C)=C(/C)CC)Nc1cc(C)[nH]n1. The molecule has 4 N–H and O–H groups in total. The topological polar surface area (TPSA) is 107 Å². The number of rotatable bonds is 10. The number of anilines is 2. The van der Waals surface area contributed by atoms with Gasteiger partial charge in [-0.15, -0.1) is 0 Å². The quantitative estimate of drug-likeness (QED) is 0.147. The van der Waals surface area contributed by atoms with Gasteiger partial charge in [0, 0.05) is 23.0 Å². The van der Waals surface area contributed by atoms with Crippen molar-refractivity contribution >= 4 is 34.7 Å². The van der Waals surface area contributed by atoms with Gasteiger partial charge in [0.15, 0.2) is 11.7 Å². The van der Waals surface area contributed by atoms with Crippen molar-refractivity contribution in [1.82, 2.24) is 10.2 Å². The molecule has 0 atom stereocenters. The Labute approximate surface area is 206 Å². The fourth-order valence-corrected chi connectivity index (χ4v) is 3.18. The van der Waals surface area contributed by atoms with Crippen LogP contribution < -0.4 is 10.6 Å². The van der Waals surface area contributed by atoms with Crippen molar-refractivity contribution in [3.8, 4) is 0 Å². The molecule has 0 bridgehead atoms. The lowest BCUT2D eigenvalue weighted by atomic mass is 10.0. The third-order valence-corrected chi connectivity index (χ3v) is 5.59. The van der Waals surface area contributed by atoms with Crippen molar-refractivity contribution in [2.24, 2.45) is 10.1 Å². The van der Waals surface area contributed by atoms with E-state index in [4.69, 9.17) is 26.5 Å². The first-order chi connectivity index (χ1) is 16.2. The first-order valence-electron chi connectivity index (χ1n) is 11.3. The summed E-state index contributed by atoms with van der Waals surface area (Å²) in [7, 11) is 0. The number of hydrogen-bond acceptors (Lipinski definition) is 6. The molecule has 0 radical (unpaired) electrons. The van der Waals surface area contributed by atoms with Gasteiger partial charge in [-0.1, -0.05) is 29.8 Å². The van der Waals surface area contributed by atoms with Gasteiger partial charge in [-0.3, -0.25) is 5.10 Å². The molecule has 0 amide bonds. The summed E-state index contributed by atoms with van der Waals surface area (Å²) in [5, 5.41) is 27.3. The number of nitrogens with one attached hydrogen (secondary N) is 3. The zero-order chi connectivity index (χ0) is 25.3. The number of aromatic amines is 1. The highest BCUT2D eigenvalue weighted by Gasteiger charge is 2.13. The Hall–Kier alpha value is -3.10. The van der Waals surface area contributed by atoms with Gasteiger partial charge < -0.3 is 20.6 Å². The number of aromatic nitrogens is 2. The minimum Gasteiger partial charge on any atom is -0.393 e. The Kier molecular flexibility index (Phi) is 10.3. The van der Waals surface area contributed by atoms with Crippen LogP contribution in [0.4, 0.5) is 11.5 Å². The Bertz CT molecular complexity index is 1110. The third kappa shape index (κ3) is 7.46. The molecule has 0 saturated heterocycles. The number of aliphatic hydroxyl groups is 1. The van der Waals surface area contributed by atoms with E-state index < -0.39 is 0 Å². The Balaban J connectivity index is 2.43. The van der Waals surface area contributed by atoms with Gasteiger partial charge in [0.25, 0.3) is 0 Å². The normalized spacial score (nSPS) is 13.6. The van der Waals surface area contributed by atoms with Gasteiger partial charge in [0.1, 0.15) is 12.4 Å². The van der Waals surface area contributed by atoms with Crippen LogP contribution in [-0.2, 0) is 4.84 Å². The molecule has 0 fully saturated rings. The van der Waals surface area contributed by atoms with E-state index in [0.717, 1.165) is 45.8 Å². The Morgan fingerprint density at radius 2 is 1.91 bits per heavy atom. The largest absolute Gasteiger partial charge is 0.393 e. The number of nitrogens with zero attached hydrogens (tertiary/aromatic N) is 3. The van der Waals surface area contributed by atoms with E-state index in [-0.39, 0.29) is 13.2 Å². The monoisotopic (exact) mass is 486 g/mol. The second-order valence-electron chi connectivity index (χ2n) is 7.98. The Morgan fingerprint density at radius 1 is 1.18 bits per heavy atom. The number of hydrogen-bond donors (Lipinski definition) is 4. The first-order valence-corrected chi connectivity index (χ1v) is 11.6. The number of aliphatic imine (C=N–C) groups is 1. The minimum atomic E-state index is -0.0715. The van der Waals surface area contributed by atoms with Crippen molar-refractivity contribution in [3.05, 3.63) is 63.1 Å². The van der Waals surface area contributed by atoms with Crippen LogP contribution in [0.2, 0.25) is 0 Å². The van der Waals surface area contributed by atoms with Gasteiger partial charge in [-0.25, -0.2) is 4.99 Å². The smallest absolute Gasteiger partial charge is 0.153 e. The molecule has 2 aromatic rings. The summed E-state index contributed by atoms with van der Waals surface area (Å²) in [5.41, 5.74) is 6.75. The number of oxime groups is 1. The summed E-state index contributed by atoms with van der Waals surface area (Å²) in [6.45, 7) is 13.9. The van der Waals surface area contributed by atoms with E-state index in [1.165, 1.54) is 0 Å². The highest BCUT2D eigenvalue weighted by Crippen LogP contribution is 2.25. The highest BCUT2D eigenvalue weighted by atomic mass is 35.5. The van der Waals surface area contributed by atoms with Crippen LogP contribution in [0.25, 0.3) is 0 Å². The van der Waals surface area contributed by atoms with Gasteiger partial charge in [-0.05, 0) is 76.8 Å². The van der Waals surface area contributed by atoms with Gasteiger partial charge >= 0.3 is 0 Å². The molecule has 1 aromatic heterocycles. The zero-order valence-electron chi connectivity index (χ0n) is 21.0. The van der Waals surface area contributed by atoms with Gasteiger partial charge in [0.2, 0.25) is 0 Å². The fraction of sp³-hybridized carbons (Fsp3) is 0.400.